The molecule has 0 unspecified atom stereocenters. The number of halogens is 1. The smallest absolute Gasteiger partial charge is 0.307 e. The van der Waals surface area contributed by atoms with Gasteiger partial charge in [-0.2, -0.15) is 5.26 Å². The first kappa shape index (κ1) is 10.7. The molecule has 4 heteroatoms. The number of carboxylic acid groups (broad SMARTS) is 1. The number of benzene rings is 1. The van der Waals surface area contributed by atoms with Crippen molar-refractivity contribution in [3.63, 3.8) is 0 Å². The van der Waals surface area contributed by atoms with Crippen molar-refractivity contribution in [2.75, 3.05) is 0 Å². The zero-order chi connectivity index (χ0) is 10.7. The Balaban J connectivity index is 3.15. The van der Waals surface area contributed by atoms with Crippen LogP contribution in [0.2, 0.25) is 0 Å². The average Bonchev–Trinajstić information content (AvgIpc) is 2.01. The molecule has 0 aliphatic rings. The van der Waals surface area contributed by atoms with E-state index in [0.717, 1.165) is 5.56 Å². The summed E-state index contributed by atoms with van der Waals surface area (Å²) in [6, 6.07) is 5.44. The lowest BCUT2D eigenvalue weighted by molar-refractivity contribution is -0.136. The second kappa shape index (κ2) is 4.25. The third-order valence-electron chi connectivity index (χ3n) is 1.81. The fourth-order valence-electron chi connectivity index (χ4n) is 1.23. The topological polar surface area (TPSA) is 61.1 Å². The Hall–Kier alpha value is -1.34. The molecule has 14 heavy (non-hydrogen) atoms. The van der Waals surface area contributed by atoms with E-state index in [9.17, 15) is 4.79 Å². The molecular weight excluding hydrogens is 246 g/mol. The summed E-state index contributed by atoms with van der Waals surface area (Å²) >= 11 is 3.23. The van der Waals surface area contributed by atoms with Gasteiger partial charge in [0.2, 0.25) is 0 Å². The van der Waals surface area contributed by atoms with Crippen LogP contribution in [0.4, 0.5) is 0 Å². The summed E-state index contributed by atoms with van der Waals surface area (Å²) in [5, 5.41) is 17.4. The van der Waals surface area contributed by atoms with E-state index >= 15 is 0 Å². The Morgan fingerprint density at radius 1 is 1.64 bits per heavy atom. The number of carbonyl (C=O) groups is 1. The van der Waals surface area contributed by atoms with Crippen LogP contribution in [0.1, 0.15) is 16.7 Å². The average molecular weight is 254 g/mol. The van der Waals surface area contributed by atoms with Gasteiger partial charge in [-0.1, -0.05) is 6.07 Å². The zero-order valence-electron chi connectivity index (χ0n) is 7.54. The maximum Gasteiger partial charge on any atom is 0.307 e. The van der Waals surface area contributed by atoms with Crippen LogP contribution in [0.5, 0.6) is 0 Å². The van der Waals surface area contributed by atoms with Crippen molar-refractivity contribution < 1.29 is 9.90 Å². The van der Waals surface area contributed by atoms with Crippen LogP contribution >= 0.6 is 15.9 Å². The lowest BCUT2D eigenvalue weighted by Crippen LogP contribution is -2.01. The fraction of sp³-hybridized carbons (Fsp3) is 0.200. The van der Waals surface area contributed by atoms with Gasteiger partial charge in [0.1, 0.15) is 6.07 Å². The Labute approximate surface area is 90.1 Å². The highest BCUT2D eigenvalue weighted by Gasteiger charge is 2.07. The van der Waals surface area contributed by atoms with E-state index in [0.29, 0.717) is 15.6 Å². The monoisotopic (exact) mass is 253 g/mol. The molecule has 72 valence electrons. The predicted octanol–water partition coefficient (Wildman–Crippen LogP) is 2.26. The fourth-order valence-corrected chi connectivity index (χ4v) is 1.93. The van der Waals surface area contributed by atoms with Gasteiger partial charge in [0, 0.05) is 4.47 Å². The molecule has 0 aliphatic heterocycles. The Kier molecular flexibility index (Phi) is 3.26. The summed E-state index contributed by atoms with van der Waals surface area (Å²) in [4.78, 5) is 10.5. The Morgan fingerprint density at radius 3 is 2.71 bits per heavy atom. The molecule has 1 N–H and O–H groups in total. The first-order chi connectivity index (χ1) is 6.54. The van der Waals surface area contributed by atoms with E-state index in [4.69, 9.17) is 10.4 Å². The number of carboxylic acids is 1. The van der Waals surface area contributed by atoms with Crippen LogP contribution < -0.4 is 0 Å². The van der Waals surface area contributed by atoms with Crippen molar-refractivity contribution in [1.82, 2.24) is 0 Å². The van der Waals surface area contributed by atoms with Crippen LogP contribution in [0.25, 0.3) is 0 Å². The number of nitrogens with zero attached hydrogens (tertiary/aromatic N) is 1. The van der Waals surface area contributed by atoms with Gasteiger partial charge >= 0.3 is 5.97 Å². The molecule has 0 bridgehead atoms. The van der Waals surface area contributed by atoms with Crippen LogP contribution in [0.15, 0.2) is 16.6 Å². The summed E-state index contributed by atoms with van der Waals surface area (Å²) in [5.74, 6) is -0.874. The molecule has 0 aliphatic carbocycles. The van der Waals surface area contributed by atoms with Crippen molar-refractivity contribution >= 4 is 21.9 Å². The number of aliphatic carboxylic acids is 1. The van der Waals surface area contributed by atoms with Gasteiger partial charge in [0.15, 0.2) is 0 Å². The number of aryl methyl sites for hydroxylation is 1. The summed E-state index contributed by atoms with van der Waals surface area (Å²) in [5.41, 5.74) is 2.04. The highest BCUT2D eigenvalue weighted by atomic mass is 79.9. The lowest BCUT2D eigenvalue weighted by atomic mass is 10.0. The maximum atomic E-state index is 10.5. The first-order valence-electron chi connectivity index (χ1n) is 3.95. The number of hydrogen-bond donors (Lipinski definition) is 1. The normalized spacial score (nSPS) is 9.50. The minimum atomic E-state index is -0.874. The summed E-state index contributed by atoms with van der Waals surface area (Å²) in [6.45, 7) is 1.79. The molecule has 0 atom stereocenters. The highest BCUT2D eigenvalue weighted by Crippen LogP contribution is 2.22. The third kappa shape index (κ3) is 2.33. The SMILES string of the molecule is Cc1cc(CC(=O)O)cc(Br)c1C#N. The quantitative estimate of drug-likeness (QED) is 0.880. The molecule has 0 amide bonds. The first-order valence-corrected chi connectivity index (χ1v) is 4.75. The molecular formula is C10H8BrNO2. The van der Waals surface area contributed by atoms with Crippen LogP contribution in [0, 0.1) is 18.3 Å². The van der Waals surface area contributed by atoms with E-state index < -0.39 is 5.97 Å². The van der Waals surface area contributed by atoms with Crippen LogP contribution in [-0.2, 0) is 11.2 Å². The van der Waals surface area contributed by atoms with Crippen molar-refractivity contribution in [2.24, 2.45) is 0 Å². The predicted molar refractivity (Wildman–Crippen MR) is 54.9 cm³/mol. The Bertz CT molecular complexity index is 398. The molecule has 0 fully saturated rings. The van der Waals surface area contributed by atoms with Gasteiger partial charge in [-0.25, -0.2) is 0 Å². The Morgan fingerprint density at radius 2 is 2.29 bits per heavy atom. The number of hydrogen-bond acceptors (Lipinski definition) is 2. The van der Waals surface area contributed by atoms with E-state index in [1.807, 2.05) is 6.07 Å². The van der Waals surface area contributed by atoms with Gasteiger partial charge in [-0.3, -0.25) is 4.79 Å². The van der Waals surface area contributed by atoms with Gasteiger partial charge in [0.05, 0.1) is 12.0 Å². The molecule has 0 saturated carbocycles. The molecule has 0 spiro atoms. The third-order valence-corrected chi connectivity index (χ3v) is 2.44. The van der Waals surface area contributed by atoms with Gasteiger partial charge in [-0.15, -0.1) is 0 Å². The van der Waals surface area contributed by atoms with E-state index in [-0.39, 0.29) is 6.42 Å². The highest BCUT2D eigenvalue weighted by molar-refractivity contribution is 9.10. The minimum Gasteiger partial charge on any atom is -0.481 e. The van der Waals surface area contributed by atoms with Crippen LogP contribution in [0.3, 0.4) is 0 Å². The van der Waals surface area contributed by atoms with Crippen molar-refractivity contribution in [3.05, 3.63) is 33.3 Å². The van der Waals surface area contributed by atoms with Gasteiger partial charge < -0.3 is 5.11 Å². The summed E-state index contributed by atoms with van der Waals surface area (Å²) < 4.78 is 0.649. The van der Waals surface area contributed by atoms with E-state index in [2.05, 4.69) is 15.9 Å². The molecule has 1 rings (SSSR count). The van der Waals surface area contributed by atoms with Crippen LogP contribution in [-0.4, -0.2) is 11.1 Å². The summed E-state index contributed by atoms with van der Waals surface area (Å²) in [7, 11) is 0. The molecule has 0 radical (unpaired) electrons. The standard InChI is InChI=1S/C10H8BrNO2/c1-6-2-7(4-10(13)14)3-9(11)8(6)5-12/h2-3H,4H2,1H3,(H,13,14). The second-order valence-electron chi connectivity index (χ2n) is 2.95. The second-order valence-corrected chi connectivity index (χ2v) is 3.81. The van der Waals surface area contributed by atoms with Crippen molar-refractivity contribution in [1.29, 1.82) is 5.26 Å². The van der Waals surface area contributed by atoms with E-state index in [1.165, 1.54) is 0 Å². The van der Waals surface area contributed by atoms with Gasteiger partial charge in [-0.05, 0) is 40.0 Å². The lowest BCUT2D eigenvalue weighted by Gasteiger charge is -2.04. The molecule has 1 aromatic rings. The summed E-state index contributed by atoms with van der Waals surface area (Å²) in [6.07, 6.45) is -0.0227. The molecule has 0 aromatic heterocycles. The maximum absolute atomic E-state index is 10.5. The minimum absolute atomic E-state index is 0.0227. The zero-order valence-corrected chi connectivity index (χ0v) is 9.13. The van der Waals surface area contributed by atoms with E-state index in [1.54, 1.807) is 19.1 Å². The van der Waals surface area contributed by atoms with Crippen molar-refractivity contribution in [3.8, 4) is 6.07 Å². The van der Waals surface area contributed by atoms with Gasteiger partial charge in [0.25, 0.3) is 0 Å². The molecule has 0 heterocycles. The number of rotatable bonds is 2. The number of nitriles is 1. The molecule has 1 aromatic carbocycles. The molecule has 0 saturated heterocycles. The largest absolute Gasteiger partial charge is 0.481 e. The van der Waals surface area contributed by atoms with Crippen molar-refractivity contribution in [2.45, 2.75) is 13.3 Å². The molecule has 3 nitrogen and oxygen atoms in total.